The summed E-state index contributed by atoms with van der Waals surface area (Å²) >= 11 is 0. The maximum atomic E-state index is 13.9. The van der Waals surface area contributed by atoms with Crippen LogP contribution in [-0.2, 0) is 35.1 Å². The lowest BCUT2D eigenvalue weighted by Gasteiger charge is -2.27. The van der Waals surface area contributed by atoms with Crippen LogP contribution in [0.2, 0.25) is 0 Å². The molecule has 1 aliphatic rings. The molecule has 1 aliphatic carbocycles. The first-order valence-electron chi connectivity index (χ1n) is 19.2. The van der Waals surface area contributed by atoms with E-state index in [1.165, 1.54) is 6.92 Å². The first-order valence-corrected chi connectivity index (χ1v) is 19.2. The fourth-order valence-corrected chi connectivity index (χ4v) is 6.61. The molecule has 4 amide bonds. The van der Waals surface area contributed by atoms with Crippen molar-refractivity contribution in [3.63, 3.8) is 0 Å². The lowest BCUT2D eigenvalue weighted by atomic mass is 9.98. The number of nitrogens with one attached hydrogen (secondary N) is 4. The Kier molecular flexibility index (Phi) is 15.4. The third-order valence-electron chi connectivity index (χ3n) is 9.28. The second kappa shape index (κ2) is 19.9. The van der Waals surface area contributed by atoms with E-state index in [1.807, 2.05) is 80.6 Å². The Morgan fingerprint density at radius 2 is 1.25 bits per heavy atom. The largest absolute Gasteiger partial charge is 0.458 e. The van der Waals surface area contributed by atoms with E-state index in [1.54, 1.807) is 20.8 Å². The average molecular weight is 756 g/mol. The summed E-state index contributed by atoms with van der Waals surface area (Å²) in [5.41, 5.74) is 10.1. The van der Waals surface area contributed by atoms with Crippen LogP contribution in [0, 0.1) is 5.92 Å². The van der Waals surface area contributed by atoms with Gasteiger partial charge in [0, 0.05) is 12.3 Å². The van der Waals surface area contributed by atoms with Crippen LogP contribution in [0.3, 0.4) is 0 Å². The number of hydrogen-bond donors (Lipinski definition) is 5. The Bertz CT molecular complexity index is 1730. The number of amides is 4. The van der Waals surface area contributed by atoms with Crippen molar-refractivity contribution in [3.05, 3.63) is 95.6 Å². The zero-order valence-electron chi connectivity index (χ0n) is 32.9. The smallest absolute Gasteiger partial charge is 0.407 e. The van der Waals surface area contributed by atoms with E-state index in [0.717, 1.165) is 27.8 Å². The van der Waals surface area contributed by atoms with Gasteiger partial charge in [0.2, 0.25) is 17.7 Å². The van der Waals surface area contributed by atoms with E-state index in [-0.39, 0.29) is 31.3 Å². The molecule has 0 aromatic heterocycles. The van der Waals surface area contributed by atoms with E-state index in [4.69, 9.17) is 15.2 Å². The van der Waals surface area contributed by atoms with Gasteiger partial charge >= 0.3 is 12.1 Å². The van der Waals surface area contributed by atoms with E-state index < -0.39 is 59.6 Å². The van der Waals surface area contributed by atoms with Gasteiger partial charge in [0.25, 0.3) is 0 Å². The standard InChI is InChI=1S/C43H57N5O7/c1-27(2)24-37(41(52)55-43(4,5)6)47-38(49)28(3)45-40(51)36(25-29-16-8-7-9-17-29)46-39(50)35(22-14-15-23-44)48-42(53)54-26-34-32-20-12-10-18-30(32)31-19-11-13-21-33(31)34/h7-13,16-21,27-28,34-37H,14-15,22-26,44H2,1-6H3,(H,45,51)(H,46,50)(H,47,49)(H,48,53)/t28-,35-,36-,37-/m0/s1. The van der Waals surface area contributed by atoms with Crippen molar-refractivity contribution in [1.29, 1.82) is 0 Å². The molecule has 0 saturated carbocycles. The molecule has 12 nitrogen and oxygen atoms in total. The molecule has 0 radical (unpaired) electrons. The normalized spacial score (nSPS) is 14.4. The van der Waals surface area contributed by atoms with Gasteiger partial charge in [0.05, 0.1) is 0 Å². The van der Waals surface area contributed by atoms with Crippen molar-refractivity contribution in [1.82, 2.24) is 21.3 Å². The maximum absolute atomic E-state index is 13.9. The van der Waals surface area contributed by atoms with Crippen LogP contribution < -0.4 is 27.0 Å². The molecule has 0 saturated heterocycles. The van der Waals surface area contributed by atoms with Crippen LogP contribution in [0.4, 0.5) is 4.79 Å². The van der Waals surface area contributed by atoms with Crippen molar-refractivity contribution >= 4 is 29.8 Å². The Morgan fingerprint density at radius 1 is 0.691 bits per heavy atom. The lowest BCUT2D eigenvalue weighted by Crippen LogP contribution is -2.58. The zero-order valence-corrected chi connectivity index (χ0v) is 32.9. The highest BCUT2D eigenvalue weighted by Crippen LogP contribution is 2.44. The summed E-state index contributed by atoms with van der Waals surface area (Å²) in [4.78, 5) is 67.3. The summed E-state index contributed by atoms with van der Waals surface area (Å²) in [6.45, 7) is 11.1. The van der Waals surface area contributed by atoms with E-state index in [0.29, 0.717) is 25.8 Å². The molecule has 4 rings (SSSR count). The SMILES string of the molecule is CC(C)C[C@H](NC(=O)[C@H](C)NC(=O)[C@H](Cc1ccccc1)NC(=O)[C@H](CCCCN)NC(=O)OCC1c2ccccc2-c2ccccc21)C(=O)OC(C)(C)C. The summed E-state index contributed by atoms with van der Waals surface area (Å²) < 4.78 is 11.3. The van der Waals surface area contributed by atoms with Gasteiger partial charge in [-0.1, -0.05) is 92.7 Å². The van der Waals surface area contributed by atoms with Gasteiger partial charge in [-0.15, -0.1) is 0 Å². The monoisotopic (exact) mass is 755 g/mol. The third-order valence-corrected chi connectivity index (χ3v) is 9.28. The number of hydrogen-bond acceptors (Lipinski definition) is 8. The summed E-state index contributed by atoms with van der Waals surface area (Å²) in [5.74, 6) is -2.42. The molecule has 0 bridgehead atoms. The summed E-state index contributed by atoms with van der Waals surface area (Å²) in [5, 5.41) is 11.0. The second-order valence-corrected chi connectivity index (χ2v) is 15.5. The van der Waals surface area contributed by atoms with Gasteiger partial charge in [-0.25, -0.2) is 9.59 Å². The molecule has 12 heteroatoms. The Morgan fingerprint density at radius 3 is 1.84 bits per heavy atom. The van der Waals surface area contributed by atoms with Crippen LogP contribution in [0.5, 0.6) is 0 Å². The average Bonchev–Trinajstić information content (AvgIpc) is 3.46. The number of benzene rings is 3. The fraction of sp³-hybridized carbons (Fsp3) is 0.465. The lowest BCUT2D eigenvalue weighted by molar-refractivity contribution is -0.159. The highest BCUT2D eigenvalue weighted by atomic mass is 16.6. The van der Waals surface area contributed by atoms with Crippen molar-refractivity contribution in [3.8, 4) is 11.1 Å². The van der Waals surface area contributed by atoms with E-state index in [2.05, 4.69) is 33.4 Å². The molecule has 296 valence electrons. The number of ether oxygens (including phenoxy) is 2. The van der Waals surface area contributed by atoms with Gasteiger partial charge in [-0.05, 0) is 93.7 Å². The third kappa shape index (κ3) is 12.7. The molecular formula is C43H57N5O7. The predicted molar refractivity (Wildman–Crippen MR) is 212 cm³/mol. The molecule has 4 atom stereocenters. The molecule has 3 aromatic rings. The van der Waals surface area contributed by atoms with E-state index >= 15 is 0 Å². The van der Waals surface area contributed by atoms with Crippen LogP contribution in [0.15, 0.2) is 78.9 Å². The van der Waals surface area contributed by atoms with Crippen molar-refractivity contribution in [2.24, 2.45) is 11.7 Å². The van der Waals surface area contributed by atoms with Gasteiger partial charge in [0.1, 0.15) is 36.4 Å². The Balaban J connectivity index is 1.45. The number of nitrogens with two attached hydrogens (primary N) is 1. The number of alkyl carbamates (subject to hydrolysis) is 1. The van der Waals surface area contributed by atoms with Crippen LogP contribution >= 0.6 is 0 Å². The molecule has 55 heavy (non-hydrogen) atoms. The van der Waals surface area contributed by atoms with Crippen molar-refractivity contribution in [2.45, 2.75) is 109 Å². The highest BCUT2D eigenvalue weighted by molar-refractivity contribution is 5.95. The second-order valence-electron chi connectivity index (χ2n) is 15.5. The van der Waals surface area contributed by atoms with Gasteiger partial charge in [-0.3, -0.25) is 14.4 Å². The minimum Gasteiger partial charge on any atom is -0.458 e. The van der Waals surface area contributed by atoms with Crippen LogP contribution in [0.1, 0.15) is 89.8 Å². The molecule has 0 fully saturated rings. The maximum Gasteiger partial charge on any atom is 0.407 e. The molecule has 6 N–H and O–H groups in total. The Labute approximate surface area is 324 Å². The van der Waals surface area contributed by atoms with Gasteiger partial charge in [-0.2, -0.15) is 0 Å². The number of unbranched alkanes of at least 4 members (excludes halogenated alkanes) is 1. The van der Waals surface area contributed by atoms with Crippen molar-refractivity contribution in [2.75, 3.05) is 13.2 Å². The highest BCUT2D eigenvalue weighted by Gasteiger charge is 2.33. The molecule has 0 unspecified atom stereocenters. The summed E-state index contributed by atoms with van der Waals surface area (Å²) in [6, 6.07) is 21.1. The summed E-state index contributed by atoms with van der Waals surface area (Å²) in [6.07, 6.45) is 1.12. The first kappa shape index (κ1) is 42.5. The first-order chi connectivity index (χ1) is 26.2. The van der Waals surface area contributed by atoms with Gasteiger partial charge in [0.15, 0.2) is 0 Å². The number of carbonyl (C=O) groups excluding carboxylic acids is 5. The summed E-state index contributed by atoms with van der Waals surface area (Å²) in [7, 11) is 0. The van der Waals surface area contributed by atoms with E-state index in [9.17, 15) is 24.0 Å². The number of rotatable bonds is 18. The molecule has 0 aliphatic heterocycles. The van der Waals surface area contributed by atoms with Crippen LogP contribution in [-0.4, -0.2) is 72.7 Å². The van der Waals surface area contributed by atoms with Crippen LogP contribution in [0.25, 0.3) is 11.1 Å². The van der Waals surface area contributed by atoms with Crippen molar-refractivity contribution < 1.29 is 33.4 Å². The number of fused-ring (bicyclic) bond motifs is 3. The minimum atomic E-state index is -1.11. The molecule has 0 heterocycles. The Hall–Kier alpha value is -5.23. The number of carbonyl (C=O) groups is 5. The fourth-order valence-electron chi connectivity index (χ4n) is 6.61. The molecular weight excluding hydrogens is 699 g/mol. The predicted octanol–water partition coefficient (Wildman–Crippen LogP) is 5.13. The van der Waals surface area contributed by atoms with Gasteiger partial charge < -0.3 is 36.5 Å². The quantitative estimate of drug-likeness (QED) is 0.0877. The number of esters is 1. The molecule has 3 aromatic carbocycles. The topological polar surface area (TPSA) is 178 Å². The zero-order chi connectivity index (χ0) is 40.1. The minimum absolute atomic E-state index is 0.0714. The molecule has 0 spiro atoms.